The molecule has 0 unspecified atom stereocenters. The largest absolute Gasteiger partial charge is 0.511 e. The van der Waals surface area contributed by atoms with Crippen molar-refractivity contribution < 1.29 is 24.6 Å². The fraction of sp³-hybridized carbons (Fsp3) is 0.519. The molecular weight excluding hydrogens is 476 g/mol. The van der Waals surface area contributed by atoms with E-state index in [1.165, 1.54) is 0 Å². The van der Waals surface area contributed by atoms with Gasteiger partial charge in [0.2, 0.25) is 5.78 Å². The van der Waals surface area contributed by atoms with E-state index >= 15 is 0 Å². The van der Waals surface area contributed by atoms with Crippen LogP contribution in [0.15, 0.2) is 33.8 Å². The van der Waals surface area contributed by atoms with Gasteiger partial charge in [0.25, 0.3) is 5.91 Å². The number of rotatable bonds is 7. The Bertz CT molecular complexity index is 1280. The summed E-state index contributed by atoms with van der Waals surface area (Å²) in [5.74, 6) is -4.35. The Morgan fingerprint density at radius 1 is 1.30 bits per heavy atom. The van der Waals surface area contributed by atoms with Crippen LogP contribution in [-0.4, -0.2) is 53.9 Å². The minimum Gasteiger partial charge on any atom is -0.511 e. The van der Waals surface area contributed by atoms with E-state index in [0.29, 0.717) is 24.4 Å². The zero-order valence-corrected chi connectivity index (χ0v) is 21.8. The van der Waals surface area contributed by atoms with Crippen LogP contribution in [-0.2, 0) is 22.6 Å². The molecule has 1 aromatic rings. The monoisotopic (exact) mass is 510 g/mol. The van der Waals surface area contributed by atoms with Crippen molar-refractivity contribution in [3.8, 4) is 0 Å². The predicted octanol–water partition coefficient (Wildman–Crippen LogP) is 2.20. The van der Waals surface area contributed by atoms with E-state index in [2.05, 4.69) is 30.4 Å². The summed E-state index contributed by atoms with van der Waals surface area (Å²) >= 11 is 0. The number of nitroso groups, excluding NO2 is 1. The number of hydrogen-bond donors (Lipinski definition) is 4. The second kappa shape index (κ2) is 9.50. The standard InChI is InChI=1S/C27H34N4O6/c1-12(2)10-29-11-15-8-18(31(4)5)17-7-14-6-16-9-19(32)22(26(28)35)25(34)27(16,36)24(30-37)21(14)23(33)20(17)13(15)3/h8,12,14,16,29,32,36H,6-7,9-11H2,1-5H3,(H2,28,35)/t14-,16+,27+/m1/s1. The highest BCUT2D eigenvalue weighted by Gasteiger charge is 2.60. The molecule has 5 N–H and O–H groups in total. The third-order valence-electron chi connectivity index (χ3n) is 7.87. The van der Waals surface area contributed by atoms with Crippen LogP contribution in [0.2, 0.25) is 0 Å². The zero-order valence-electron chi connectivity index (χ0n) is 21.8. The fourth-order valence-corrected chi connectivity index (χ4v) is 6.10. The Morgan fingerprint density at radius 3 is 2.54 bits per heavy atom. The highest BCUT2D eigenvalue weighted by Crippen LogP contribution is 2.52. The molecule has 37 heavy (non-hydrogen) atoms. The molecule has 1 aromatic carbocycles. The van der Waals surface area contributed by atoms with Crippen molar-refractivity contribution in [2.24, 2.45) is 28.7 Å². The Kier molecular flexibility index (Phi) is 6.85. The number of nitrogens with zero attached hydrogens (tertiary/aromatic N) is 2. The molecule has 0 saturated carbocycles. The molecular formula is C27H34N4O6. The number of amides is 1. The van der Waals surface area contributed by atoms with Gasteiger partial charge in [-0.05, 0) is 66.1 Å². The quantitative estimate of drug-likeness (QED) is 0.320. The van der Waals surface area contributed by atoms with Crippen LogP contribution in [0, 0.1) is 29.6 Å². The summed E-state index contributed by atoms with van der Waals surface area (Å²) in [4.78, 5) is 53.3. The van der Waals surface area contributed by atoms with Crippen LogP contribution in [0.4, 0.5) is 5.69 Å². The minimum atomic E-state index is -2.51. The summed E-state index contributed by atoms with van der Waals surface area (Å²) in [5, 5.41) is 28.4. The van der Waals surface area contributed by atoms with E-state index in [9.17, 15) is 29.5 Å². The average Bonchev–Trinajstić information content (AvgIpc) is 2.80. The number of carbonyl (C=O) groups is 3. The molecule has 0 aromatic heterocycles. The second-order valence-corrected chi connectivity index (χ2v) is 11.0. The number of nitrogens with one attached hydrogen (secondary N) is 1. The first-order valence-electron chi connectivity index (χ1n) is 12.5. The van der Waals surface area contributed by atoms with Crippen LogP contribution in [0.5, 0.6) is 0 Å². The van der Waals surface area contributed by atoms with E-state index in [4.69, 9.17) is 5.73 Å². The maximum absolute atomic E-state index is 14.1. The van der Waals surface area contributed by atoms with E-state index in [0.717, 1.165) is 28.9 Å². The van der Waals surface area contributed by atoms with E-state index in [1.807, 2.05) is 25.9 Å². The van der Waals surface area contributed by atoms with Gasteiger partial charge in [0.1, 0.15) is 17.0 Å². The smallest absolute Gasteiger partial charge is 0.255 e. The Balaban J connectivity index is 1.90. The zero-order chi connectivity index (χ0) is 27.4. The van der Waals surface area contributed by atoms with Gasteiger partial charge < -0.3 is 26.2 Å². The molecule has 3 aliphatic rings. The molecule has 3 aliphatic carbocycles. The predicted molar refractivity (Wildman–Crippen MR) is 138 cm³/mol. The van der Waals surface area contributed by atoms with Crippen LogP contribution in [0.1, 0.15) is 53.7 Å². The number of fused-ring (bicyclic) bond motifs is 3. The molecule has 0 heterocycles. The topological polar surface area (TPSA) is 162 Å². The number of aliphatic hydroxyl groups is 2. The highest BCUT2D eigenvalue weighted by molar-refractivity contribution is 6.24. The average molecular weight is 511 g/mol. The van der Waals surface area contributed by atoms with Gasteiger partial charge in [-0.25, -0.2) is 0 Å². The highest BCUT2D eigenvalue weighted by atomic mass is 16.3. The van der Waals surface area contributed by atoms with Gasteiger partial charge in [0.05, 0.1) is 0 Å². The van der Waals surface area contributed by atoms with Crippen LogP contribution < -0.4 is 16.0 Å². The molecule has 0 radical (unpaired) electrons. The van der Waals surface area contributed by atoms with E-state index < -0.39 is 51.9 Å². The molecule has 0 fully saturated rings. The van der Waals surface area contributed by atoms with Crippen molar-refractivity contribution in [2.45, 2.75) is 52.2 Å². The third-order valence-corrected chi connectivity index (χ3v) is 7.87. The molecule has 198 valence electrons. The SMILES string of the molecule is Cc1c(CNCC(C)C)cc(N(C)C)c2c1C(=O)C1=C(N=O)[C@]3(O)C(=O)C(C(N)=O)=C(O)C[C@@H]3C[C@@H]1C2. The normalized spacial score (nSPS) is 25.2. The number of ketones is 2. The summed E-state index contributed by atoms with van der Waals surface area (Å²) in [5.41, 5.74) is 5.30. The van der Waals surface area contributed by atoms with Gasteiger partial charge in [0, 0.05) is 49.8 Å². The molecule has 10 heteroatoms. The fourth-order valence-electron chi connectivity index (χ4n) is 6.10. The van der Waals surface area contributed by atoms with Gasteiger partial charge in [-0.15, -0.1) is 4.91 Å². The number of primary amides is 1. The lowest BCUT2D eigenvalue weighted by atomic mass is 9.59. The first-order chi connectivity index (χ1) is 17.3. The van der Waals surface area contributed by atoms with Crippen molar-refractivity contribution in [1.82, 2.24) is 5.32 Å². The lowest BCUT2D eigenvalue weighted by molar-refractivity contribution is -0.140. The Morgan fingerprint density at radius 2 is 1.97 bits per heavy atom. The maximum atomic E-state index is 14.1. The molecule has 0 bridgehead atoms. The number of allylic oxidation sites excluding steroid dienone is 2. The molecule has 10 nitrogen and oxygen atoms in total. The molecule has 0 saturated heterocycles. The number of anilines is 1. The number of Topliss-reactive ketones (excluding diaryl/α,β-unsaturated/α-hetero) is 2. The lowest BCUT2D eigenvalue weighted by Crippen LogP contribution is -2.56. The molecule has 0 aliphatic heterocycles. The van der Waals surface area contributed by atoms with Crippen LogP contribution >= 0.6 is 0 Å². The maximum Gasteiger partial charge on any atom is 0.255 e. The van der Waals surface area contributed by atoms with Gasteiger partial charge in [0.15, 0.2) is 11.4 Å². The lowest BCUT2D eigenvalue weighted by Gasteiger charge is -2.46. The van der Waals surface area contributed by atoms with Crippen LogP contribution in [0.3, 0.4) is 0 Å². The number of hydrogen-bond acceptors (Lipinski definition) is 9. The van der Waals surface area contributed by atoms with E-state index in [-0.39, 0.29) is 18.4 Å². The van der Waals surface area contributed by atoms with Crippen LogP contribution in [0.25, 0.3) is 0 Å². The number of aliphatic hydroxyl groups excluding tert-OH is 1. The molecule has 0 spiro atoms. The summed E-state index contributed by atoms with van der Waals surface area (Å²) in [7, 11) is 3.80. The molecule has 1 amide bonds. The summed E-state index contributed by atoms with van der Waals surface area (Å²) in [6.45, 7) is 7.41. The third kappa shape index (κ3) is 4.08. The summed E-state index contributed by atoms with van der Waals surface area (Å²) in [6, 6.07) is 2.07. The van der Waals surface area contributed by atoms with Gasteiger partial charge in [-0.3, -0.25) is 14.4 Å². The minimum absolute atomic E-state index is 0.0000871. The molecule has 4 rings (SSSR count). The Hall–Kier alpha value is -3.37. The van der Waals surface area contributed by atoms with Gasteiger partial charge in [-0.2, -0.15) is 0 Å². The van der Waals surface area contributed by atoms with Crippen molar-refractivity contribution in [3.05, 3.63) is 55.8 Å². The first kappa shape index (κ1) is 26.7. The summed E-state index contributed by atoms with van der Waals surface area (Å²) < 4.78 is 0. The van der Waals surface area contributed by atoms with Crippen molar-refractivity contribution in [1.29, 1.82) is 0 Å². The number of nitrogens with two attached hydrogens (primary N) is 1. The molecule has 3 atom stereocenters. The van der Waals surface area contributed by atoms with E-state index in [1.54, 1.807) is 0 Å². The second-order valence-electron chi connectivity index (χ2n) is 11.0. The first-order valence-corrected chi connectivity index (χ1v) is 12.5. The van der Waals surface area contributed by atoms with Gasteiger partial charge in [-0.1, -0.05) is 13.8 Å². The van der Waals surface area contributed by atoms with Crippen molar-refractivity contribution >= 4 is 23.2 Å². The summed E-state index contributed by atoms with van der Waals surface area (Å²) in [6.07, 6.45) is 0.323. The number of carbonyl (C=O) groups excluding carboxylic acids is 3. The number of benzene rings is 1. The Labute approximate surface area is 215 Å². The van der Waals surface area contributed by atoms with Gasteiger partial charge >= 0.3 is 0 Å². The van der Waals surface area contributed by atoms with Crippen molar-refractivity contribution in [3.63, 3.8) is 0 Å². The van der Waals surface area contributed by atoms with Crippen molar-refractivity contribution in [2.75, 3.05) is 25.5 Å².